The molecule has 0 radical (unpaired) electrons. The fourth-order valence-corrected chi connectivity index (χ4v) is 6.99. The van der Waals surface area contributed by atoms with E-state index in [-0.39, 0.29) is 135 Å². The Bertz CT molecular complexity index is 2410. The number of nitro benzene ring substituents is 1. The zero-order valence-electron chi connectivity index (χ0n) is 45.5. The number of hydrogen-bond acceptors (Lipinski definition) is 19. The number of rotatable bonds is 37. The monoisotopic (exact) mass is 1130 g/mol. The molecule has 440 valence electrons. The molecule has 1 aliphatic rings. The number of ether oxygens (including phenoxy) is 7. The van der Waals surface area contributed by atoms with Crippen molar-refractivity contribution >= 4 is 70.9 Å². The lowest BCUT2D eigenvalue weighted by Gasteiger charge is -2.27. The molecule has 0 saturated carbocycles. The first-order valence-corrected chi connectivity index (χ1v) is 25.8. The third-order valence-corrected chi connectivity index (χ3v) is 11.0. The molecule has 28 heteroatoms. The van der Waals surface area contributed by atoms with Crippen LogP contribution in [0.4, 0.5) is 21.0 Å². The maximum absolute atomic E-state index is 14.0. The van der Waals surface area contributed by atoms with E-state index in [1.165, 1.54) is 36.4 Å². The van der Waals surface area contributed by atoms with Crippen molar-refractivity contribution in [3.05, 3.63) is 76.4 Å². The highest BCUT2D eigenvalue weighted by Gasteiger charge is 2.32. The lowest BCUT2D eigenvalue weighted by atomic mass is 10.0. The normalized spacial score (nSPS) is 13.2. The van der Waals surface area contributed by atoms with Gasteiger partial charge in [0.15, 0.2) is 0 Å². The molecule has 1 aliphatic heterocycles. The molecule has 28 nitrogen and oxygen atoms in total. The molecule has 9 amide bonds. The van der Waals surface area contributed by atoms with E-state index in [0.29, 0.717) is 11.3 Å². The molecule has 0 unspecified atom stereocenters. The molecule has 8 N–H and O–H groups in total. The lowest BCUT2D eigenvalue weighted by Crippen LogP contribution is -2.58. The number of carbonyl (C=O) groups is 10. The van der Waals surface area contributed by atoms with Crippen LogP contribution in [0, 0.1) is 16.0 Å². The number of esters is 1. The van der Waals surface area contributed by atoms with Crippen molar-refractivity contribution in [2.24, 2.45) is 11.7 Å². The number of hydrogen-bond donors (Lipinski definition) is 7. The summed E-state index contributed by atoms with van der Waals surface area (Å²) in [5.41, 5.74) is 4.99. The van der Waals surface area contributed by atoms with Gasteiger partial charge in [-0.3, -0.25) is 53.4 Å². The first-order valence-electron chi connectivity index (χ1n) is 25.8. The van der Waals surface area contributed by atoms with Crippen LogP contribution < -0.4 is 42.4 Å². The molecule has 3 rings (SSSR count). The summed E-state index contributed by atoms with van der Waals surface area (Å²) in [7, 11) is 0. The maximum Gasteiger partial charge on any atom is 0.514 e. The molecule has 0 saturated heterocycles. The van der Waals surface area contributed by atoms with Crippen LogP contribution in [-0.2, 0) is 73.4 Å². The van der Waals surface area contributed by atoms with Crippen molar-refractivity contribution in [2.45, 2.75) is 103 Å². The Hall–Kier alpha value is -8.08. The van der Waals surface area contributed by atoms with Crippen LogP contribution in [0.15, 0.2) is 60.7 Å². The third kappa shape index (κ3) is 27.5. The second-order valence-corrected chi connectivity index (χ2v) is 19.0. The molecule has 2 aromatic rings. The minimum absolute atomic E-state index is 0.00460. The molecule has 1 heterocycles. The predicted molar refractivity (Wildman–Crippen MR) is 283 cm³/mol. The zero-order valence-corrected chi connectivity index (χ0v) is 45.5. The molecular formula is C52H73N9O19. The molecule has 3 atom stereocenters. The number of nitro groups is 1. The fourth-order valence-electron chi connectivity index (χ4n) is 6.99. The minimum atomic E-state index is -1.30. The van der Waals surface area contributed by atoms with Gasteiger partial charge in [0.05, 0.1) is 57.8 Å². The van der Waals surface area contributed by atoms with Crippen LogP contribution in [0.5, 0.6) is 5.75 Å². The van der Waals surface area contributed by atoms with Crippen LogP contribution in [0.25, 0.3) is 0 Å². The molecular weight excluding hydrogens is 1050 g/mol. The maximum atomic E-state index is 14.0. The Morgan fingerprint density at radius 1 is 0.662 bits per heavy atom. The Labute approximate surface area is 462 Å². The van der Waals surface area contributed by atoms with E-state index >= 15 is 0 Å². The van der Waals surface area contributed by atoms with Crippen LogP contribution >= 0.6 is 0 Å². The van der Waals surface area contributed by atoms with Gasteiger partial charge >= 0.3 is 18.2 Å². The molecule has 0 spiro atoms. The molecule has 0 aliphatic carbocycles. The molecule has 2 aromatic carbocycles. The molecule has 0 aromatic heterocycles. The summed E-state index contributed by atoms with van der Waals surface area (Å²) in [6.07, 6.45) is 0.806. The van der Waals surface area contributed by atoms with Gasteiger partial charge in [0.1, 0.15) is 36.1 Å². The summed E-state index contributed by atoms with van der Waals surface area (Å²) < 4.78 is 37.5. The lowest BCUT2D eigenvalue weighted by molar-refractivity contribution is -0.384. The number of amides is 9. The Kier molecular flexibility index (Phi) is 29.3. The summed E-state index contributed by atoms with van der Waals surface area (Å²) in [5.74, 6) is -5.16. The van der Waals surface area contributed by atoms with Crippen LogP contribution in [-0.4, -0.2) is 166 Å². The number of primary amides is 1. The van der Waals surface area contributed by atoms with Gasteiger partial charge in [-0.2, -0.15) is 0 Å². The SMILES string of the molecule is CC(C)[C@@H](NC(=O)[C@@H](CCC(=O)OC(C)(C)C)NC(=O)CCOCCOCCOCCOCCNC(=O)CCN1C(=O)C=CC1=O)C(=O)N[C@H](CCCNC(N)=O)C(=O)Nc1ccc(COC(=O)Oc2ccc([N+](=O)[O-])cc2)cc1. The van der Waals surface area contributed by atoms with E-state index in [4.69, 9.17) is 38.9 Å². The summed E-state index contributed by atoms with van der Waals surface area (Å²) >= 11 is 0. The highest BCUT2D eigenvalue weighted by molar-refractivity contribution is 6.13. The van der Waals surface area contributed by atoms with Gasteiger partial charge in [-0.05, 0) is 75.8 Å². The third-order valence-electron chi connectivity index (χ3n) is 11.0. The predicted octanol–water partition coefficient (Wildman–Crippen LogP) is 1.82. The summed E-state index contributed by atoms with van der Waals surface area (Å²) in [4.78, 5) is 137. The van der Waals surface area contributed by atoms with Crippen molar-refractivity contribution < 1.29 is 86.0 Å². The smallest absolute Gasteiger partial charge is 0.460 e. The molecule has 0 fully saturated rings. The van der Waals surface area contributed by atoms with E-state index in [1.807, 2.05) is 0 Å². The Morgan fingerprint density at radius 2 is 1.25 bits per heavy atom. The zero-order chi connectivity index (χ0) is 59.0. The van der Waals surface area contributed by atoms with Gasteiger partial charge in [0.2, 0.25) is 29.5 Å². The van der Waals surface area contributed by atoms with E-state index in [0.717, 1.165) is 17.1 Å². The van der Waals surface area contributed by atoms with Gasteiger partial charge < -0.3 is 70.8 Å². The standard InChI is InChI=1S/C52H73N9O19/c1-34(2)46(49(69)58-39(7-6-22-55-50(53)70)47(67)56-36-10-8-35(9-11-36)33-78-51(71)79-38-14-12-37(13-15-38)61(72)73)59-48(68)40(16-19-45(66)80-52(3,4)5)57-42(63)21-25-74-27-29-76-31-32-77-30-28-75-26-23-54-41(62)20-24-60-43(64)17-18-44(60)65/h8-15,17-18,34,39-40,46H,6-7,16,19-33H2,1-5H3,(H,54,62)(H,56,67)(H,57,63)(H,58,69)(H,59,68)(H3,53,55,70)/t39-,40-,46-/m1/s1. The van der Waals surface area contributed by atoms with Crippen LogP contribution in [0.2, 0.25) is 0 Å². The van der Waals surface area contributed by atoms with Gasteiger partial charge in [0.25, 0.3) is 17.5 Å². The summed E-state index contributed by atoms with van der Waals surface area (Å²) in [5, 5.41) is 26.6. The van der Waals surface area contributed by atoms with Gasteiger partial charge in [-0.15, -0.1) is 0 Å². The summed E-state index contributed by atoms with van der Waals surface area (Å²) in [6, 6.07) is 6.40. The average Bonchev–Trinajstić information content (AvgIpc) is 3.72. The number of benzene rings is 2. The number of nitrogens with one attached hydrogen (secondary N) is 6. The Balaban J connectivity index is 1.46. The molecule has 0 bridgehead atoms. The van der Waals surface area contributed by atoms with Crippen molar-refractivity contribution in [1.29, 1.82) is 0 Å². The number of carbonyl (C=O) groups excluding carboxylic acids is 10. The first kappa shape index (κ1) is 66.2. The number of anilines is 1. The summed E-state index contributed by atoms with van der Waals surface area (Å²) in [6.45, 7) is 9.97. The van der Waals surface area contributed by atoms with E-state index in [9.17, 15) is 58.1 Å². The number of imide groups is 1. The van der Waals surface area contributed by atoms with Gasteiger partial charge in [-0.25, -0.2) is 9.59 Å². The highest BCUT2D eigenvalue weighted by atomic mass is 16.7. The van der Waals surface area contributed by atoms with Crippen molar-refractivity contribution in [3.63, 3.8) is 0 Å². The van der Waals surface area contributed by atoms with Gasteiger partial charge in [0, 0.05) is 68.9 Å². The van der Waals surface area contributed by atoms with E-state index in [2.05, 4.69) is 31.9 Å². The van der Waals surface area contributed by atoms with Crippen LogP contribution in [0.3, 0.4) is 0 Å². The second kappa shape index (κ2) is 35.4. The molecule has 80 heavy (non-hydrogen) atoms. The van der Waals surface area contributed by atoms with E-state index in [1.54, 1.807) is 46.8 Å². The number of nitrogens with two attached hydrogens (primary N) is 1. The number of nitrogens with zero attached hydrogens (tertiary/aromatic N) is 2. The number of urea groups is 1. The quantitative estimate of drug-likeness (QED) is 0.0127. The fraction of sp³-hybridized carbons (Fsp3) is 0.538. The topological polar surface area (TPSA) is 380 Å². The van der Waals surface area contributed by atoms with Crippen molar-refractivity contribution in [1.82, 2.24) is 31.5 Å². The minimum Gasteiger partial charge on any atom is -0.460 e. The van der Waals surface area contributed by atoms with Crippen molar-refractivity contribution in [2.75, 3.05) is 77.8 Å². The largest absolute Gasteiger partial charge is 0.514 e. The first-order chi connectivity index (χ1) is 38.0. The van der Waals surface area contributed by atoms with E-state index < -0.39 is 88.2 Å². The second-order valence-electron chi connectivity index (χ2n) is 19.0. The van der Waals surface area contributed by atoms with Crippen LogP contribution in [0.1, 0.15) is 78.7 Å². The van der Waals surface area contributed by atoms with Gasteiger partial charge in [-0.1, -0.05) is 26.0 Å². The number of non-ortho nitro benzene ring substituents is 1. The van der Waals surface area contributed by atoms with Crippen molar-refractivity contribution in [3.8, 4) is 5.75 Å². The average molecular weight is 1130 g/mol. The Morgan fingerprint density at radius 3 is 1.82 bits per heavy atom. The highest BCUT2D eigenvalue weighted by Crippen LogP contribution is 2.19.